The third-order valence-electron chi connectivity index (χ3n) is 3.71. The second-order valence-corrected chi connectivity index (χ2v) is 4.90. The van der Waals surface area contributed by atoms with Crippen LogP contribution >= 0.6 is 0 Å². The van der Waals surface area contributed by atoms with Crippen molar-refractivity contribution in [1.82, 2.24) is 14.7 Å². The highest BCUT2D eigenvalue weighted by atomic mass is 15.3. The SMILES string of the molecule is CCN1CCC(Nc2c(C#N)c(C)nn2C)CC1. The summed E-state index contributed by atoms with van der Waals surface area (Å²) in [6.07, 6.45) is 2.26. The number of aryl methyl sites for hydroxylation is 2. The molecule has 18 heavy (non-hydrogen) atoms. The fourth-order valence-electron chi connectivity index (χ4n) is 2.54. The summed E-state index contributed by atoms with van der Waals surface area (Å²) in [5.74, 6) is 0.866. The van der Waals surface area contributed by atoms with Crippen molar-refractivity contribution in [3.63, 3.8) is 0 Å². The van der Waals surface area contributed by atoms with Gasteiger partial charge in [-0.15, -0.1) is 0 Å². The van der Waals surface area contributed by atoms with Crippen LogP contribution < -0.4 is 5.32 Å². The largest absolute Gasteiger partial charge is 0.366 e. The van der Waals surface area contributed by atoms with E-state index in [0.29, 0.717) is 11.6 Å². The first-order valence-corrected chi connectivity index (χ1v) is 6.58. The monoisotopic (exact) mass is 247 g/mol. The highest BCUT2D eigenvalue weighted by molar-refractivity contribution is 5.55. The fraction of sp³-hybridized carbons (Fsp3) is 0.692. The standard InChI is InChI=1S/C13H21N5/c1-4-18-7-5-11(6-8-18)15-13-12(9-14)10(2)16-17(13)3/h11,15H,4-8H2,1-3H3. The van der Waals surface area contributed by atoms with Crippen LogP contribution in [0.4, 0.5) is 5.82 Å². The molecule has 0 aliphatic carbocycles. The van der Waals surface area contributed by atoms with Crippen molar-refractivity contribution < 1.29 is 0 Å². The molecule has 2 heterocycles. The zero-order chi connectivity index (χ0) is 13.1. The number of nitrogens with zero attached hydrogens (tertiary/aromatic N) is 4. The van der Waals surface area contributed by atoms with Crippen LogP contribution in [0, 0.1) is 18.3 Å². The lowest BCUT2D eigenvalue weighted by Gasteiger charge is -2.31. The Labute approximate surface area is 108 Å². The molecule has 1 saturated heterocycles. The van der Waals surface area contributed by atoms with Crippen molar-refractivity contribution in [2.24, 2.45) is 7.05 Å². The zero-order valence-electron chi connectivity index (χ0n) is 11.4. The van der Waals surface area contributed by atoms with E-state index >= 15 is 0 Å². The number of hydrogen-bond donors (Lipinski definition) is 1. The molecule has 1 fully saturated rings. The van der Waals surface area contributed by atoms with E-state index in [2.05, 4.69) is 28.3 Å². The maximum absolute atomic E-state index is 9.17. The summed E-state index contributed by atoms with van der Waals surface area (Å²) in [5, 5.41) is 17.0. The summed E-state index contributed by atoms with van der Waals surface area (Å²) < 4.78 is 1.78. The molecule has 0 spiro atoms. The van der Waals surface area contributed by atoms with Crippen LogP contribution in [0.1, 0.15) is 31.0 Å². The van der Waals surface area contributed by atoms with E-state index < -0.39 is 0 Å². The number of nitrogens with one attached hydrogen (secondary N) is 1. The first-order chi connectivity index (χ1) is 8.65. The number of aromatic nitrogens is 2. The van der Waals surface area contributed by atoms with Gasteiger partial charge in [0, 0.05) is 26.2 Å². The quantitative estimate of drug-likeness (QED) is 0.879. The normalized spacial score (nSPS) is 17.7. The molecule has 0 bridgehead atoms. The van der Waals surface area contributed by atoms with Gasteiger partial charge in [-0.2, -0.15) is 10.4 Å². The van der Waals surface area contributed by atoms with Gasteiger partial charge in [-0.3, -0.25) is 4.68 Å². The molecule has 1 N–H and O–H groups in total. The Morgan fingerprint density at radius 1 is 1.44 bits per heavy atom. The Kier molecular flexibility index (Phi) is 3.87. The molecular formula is C13H21N5. The van der Waals surface area contributed by atoms with Crippen LogP contribution in [0.2, 0.25) is 0 Å². The van der Waals surface area contributed by atoms with Gasteiger partial charge in [0.15, 0.2) is 0 Å². The molecule has 1 aliphatic heterocycles. The lowest BCUT2D eigenvalue weighted by Crippen LogP contribution is -2.39. The van der Waals surface area contributed by atoms with Crippen molar-refractivity contribution in [1.29, 1.82) is 5.26 Å². The van der Waals surface area contributed by atoms with Crippen LogP contribution in [0.15, 0.2) is 0 Å². The average molecular weight is 247 g/mol. The Balaban J connectivity index is 2.05. The molecule has 0 amide bonds. The van der Waals surface area contributed by atoms with Gasteiger partial charge in [-0.1, -0.05) is 6.92 Å². The molecule has 1 aromatic rings. The van der Waals surface area contributed by atoms with Crippen molar-refractivity contribution in [2.45, 2.75) is 32.7 Å². The van der Waals surface area contributed by atoms with E-state index in [-0.39, 0.29) is 0 Å². The van der Waals surface area contributed by atoms with Crippen molar-refractivity contribution >= 4 is 5.82 Å². The molecule has 0 aromatic carbocycles. The van der Waals surface area contributed by atoms with Gasteiger partial charge in [-0.05, 0) is 26.3 Å². The highest BCUT2D eigenvalue weighted by Crippen LogP contribution is 2.21. The molecule has 0 radical (unpaired) electrons. The lowest BCUT2D eigenvalue weighted by atomic mass is 10.0. The van der Waals surface area contributed by atoms with Gasteiger partial charge in [0.1, 0.15) is 17.5 Å². The Morgan fingerprint density at radius 3 is 2.67 bits per heavy atom. The number of hydrogen-bond acceptors (Lipinski definition) is 4. The lowest BCUT2D eigenvalue weighted by molar-refractivity contribution is 0.229. The van der Waals surface area contributed by atoms with Gasteiger partial charge < -0.3 is 10.2 Å². The van der Waals surface area contributed by atoms with Crippen LogP contribution in [-0.2, 0) is 7.05 Å². The molecular weight excluding hydrogens is 226 g/mol. The van der Waals surface area contributed by atoms with Gasteiger partial charge in [0.25, 0.3) is 0 Å². The minimum atomic E-state index is 0.453. The van der Waals surface area contributed by atoms with Crippen LogP contribution in [0.25, 0.3) is 0 Å². The van der Waals surface area contributed by atoms with Gasteiger partial charge in [-0.25, -0.2) is 0 Å². The summed E-state index contributed by atoms with van der Waals surface area (Å²) in [6.45, 7) is 7.47. The molecule has 0 unspecified atom stereocenters. The van der Waals surface area contributed by atoms with E-state index in [1.54, 1.807) is 4.68 Å². The van der Waals surface area contributed by atoms with Crippen molar-refractivity contribution in [3.05, 3.63) is 11.3 Å². The van der Waals surface area contributed by atoms with Crippen molar-refractivity contribution in [2.75, 3.05) is 25.0 Å². The first-order valence-electron chi connectivity index (χ1n) is 6.58. The summed E-state index contributed by atoms with van der Waals surface area (Å²) >= 11 is 0. The maximum atomic E-state index is 9.17. The maximum Gasteiger partial charge on any atom is 0.142 e. The molecule has 98 valence electrons. The molecule has 1 aliphatic rings. The molecule has 0 atom stereocenters. The van der Waals surface area contributed by atoms with Crippen LogP contribution in [0.5, 0.6) is 0 Å². The topological polar surface area (TPSA) is 56.9 Å². The highest BCUT2D eigenvalue weighted by Gasteiger charge is 2.21. The number of piperidine rings is 1. The van der Waals surface area contributed by atoms with Crippen LogP contribution in [-0.4, -0.2) is 40.4 Å². The predicted molar refractivity (Wildman–Crippen MR) is 71.4 cm³/mol. The number of nitriles is 1. The number of anilines is 1. The van der Waals surface area contributed by atoms with Gasteiger partial charge in [0.2, 0.25) is 0 Å². The van der Waals surface area contributed by atoms with E-state index in [0.717, 1.165) is 44.0 Å². The summed E-state index contributed by atoms with van der Waals surface area (Å²) in [6, 6.07) is 2.69. The summed E-state index contributed by atoms with van der Waals surface area (Å²) in [4.78, 5) is 2.46. The Morgan fingerprint density at radius 2 is 2.11 bits per heavy atom. The molecule has 0 saturated carbocycles. The third-order valence-corrected chi connectivity index (χ3v) is 3.71. The zero-order valence-corrected chi connectivity index (χ0v) is 11.4. The summed E-state index contributed by atoms with van der Waals surface area (Å²) in [7, 11) is 1.89. The predicted octanol–water partition coefficient (Wildman–Crippen LogP) is 1.50. The minimum Gasteiger partial charge on any atom is -0.366 e. The first kappa shape index (κ1) is 12.9. The van der Waals surface area contributed by atoms with E-state index in [1.165, 1.54) is 0 Å². The van der Waals surface area contributed by atoms with Gasteiger partial charge in [0.05, 0.1) is 5.69 Å². The van der Waals surface area contributed by atoms with Crippen LogP contribution in [0.3, 0.4) is 0 Å². The third kappa shape index (κ3) is 2.49. The molecule has 5 heteroatoms. The minimum absolute atomic E-state index is 0.453. The van der Waals surface area contributed by atoms with E-state index in [4.69, 9.17) is 0 Å². The van der Waals surface area contributed by atoms with Gasteiger partial charge >= 0.3 is 0 Å². The van der Waals surface area contributed by atoms with E-state index in [9.17, 15) is 5.26 Å². The smallest absolute Gasteiger partial charge is 0.142 e. The molecule has 2 rings (SSSR count). The average Bonchev–Trinajstić information content (AvgIpc) is 2.64. The number of rotatable bonds is 3. The molecule has 1 aromatic heterocycles. The van der Waals surface area contributed by atoms with E-state index in [1.807, 2.05) is 14.0 Å². The number of likely N-dealkylation sites (tertiary alicyclic amines) is 1. The summed E-state index contributed by atoms with van der Waals surface area (Å²) in [5.41, 5.74) is 1.48. The second kappa shape index (κ2) is 5.40. The Bertz CT molecular complexity index is 449. The fourth-order valence-corrected chi connectivity index (χ4v) is 2.54. The van der Waals surface area contributed by atoms with Crippen molar-refractivity contribution in [3.8, 4) is 6.07 Å². The second-order valence-electron chi connectivity index (χ2n) is 4.90. The molecule has 5 nitrogen and oxygen atoms in total. The Hall–Kier alpha value is -1.54.